The Kier molecular flexibility index (Phi) is 5.13. The SMILES string of the molecule is O=C(O)C1C2CCC(CC2)C1Cc1nc(-c2n[nH]c3ccc(Cl)cc23)nc(-c2ccco2)c1F. The van der Waals surface area contributed by atoms with Crippen LogP contribution in [0.5, 0.6) is 0 Å². The molecule has 3 fully saturated rings. The van der Waals surface area contributed by atoms with E-state index in [1.54, 1.807) is 24.3 Å². The number of carboxylic acid groups (broad SMARTS) is 1. The molecular formula is C25H22ClFN4O3. The Morgan fingerprint density at radius 3 is 2.68 bits per heavy atom. The number of fused-ring (bicyclic) bond motifs is 4. The summed E-state index contributed by atoms with van der Waals surface area (Å²) in [7, 11) is 0. The summed E-state index contributed by atoms with van der Waals surface area (Å²) in [4.78, 5) is 21.2. The van der Waals surface area contributed by atoms with E-state index >= 15 is 4.39 Å². The quantitative estimate of drug-likeness (QED) is 0.376. The van der Waals surface area contributed by atoms with Crippen molar-refractivity contribution in [2.75, 3.05) is 0 Å². The minimum atomic E-state index is -0.798. The molecule has 0 saturated heterocycles. The first-order valence-corrected chi connectivity index (χ1v) is 11.8. The molecule has 3 aliphatic rings. The molecule has 0 amide bonds. The van der Waals surface area contributed by atoms with Crippen molar-refractivity contribution in [3.63, 3.8) is 0 Å². The van der Waals surface area contributed by atoms with Crippen LogP contribution in [0.1, 0.15) is 31.4 Å². The largest absolute Gasteiger partial charge is 0.481 e. The average Bonchev–Trinajstić information content (AvgIpc) is 3.51. The van der Waals surface area contributed by atoms with Crippen LogP contribution in [-0.4, -0.2) is 31.2 Å². The summed E-state index contributed by atoms with van der Waals surface area (Å²) in [6, 6.07) is 8.63. The molecule has 3 aliphatic carbocycles. The third kappa shape index (κ3) is 3.48. The fraction of sp³-hybridized carbons (Fsp3) is 0.360. The summed E-state index contributed by atoms with van der Waals surface area (Å²) in [6.07, 6.45) is 5.50. The Balaban J connectivity index is 1.49. The van der Waals surface area contributed by atoms with Gasteiger partial charge < -0.3 is 9.52 Å². The predicted molar refractivity (Wildman–Crippen MR) is 124 cm³/mol. The van der Waals surface area contributed by atoms with Gasteiger partial charge in [-0.2, -0.15) is 5.10 Å². The number of carbonyl (C=O) groups is 1. The topological polar surface area (TPSA) is 105 Å². The highest BCUT2D eigenvalue weighted by atomic mass is 35.5. The van der Waals surface area contributed by atoms with Gasteiger partial charge in [-0.15, -0.1) is 0 Å². The van der Waals surface area contributed by atoms with Crippen LogP contribution >= 0.6 is 11.6 Å². The van der Waals surface area contributed by atoms with Crippen molar-refractivity contribution in [2.45, 2.75) is 32.1 Å². The summed E-state index contributed by atoms with van der Waals surface area (Å²) >= 11 is 6.20. The molecule has 2 unspecified atom stereocenters. The van der Waals surface area contributed by atoms with Crippen LogP contribution in [0.2, 0.25) is 5.02 Å². The molecule has 2 atom stereocenters. The van der Waals surface area contributed by atoms with E-state index in [9.17, 15) is 9.90 Å². The molecule has 3 heterocycles. The Labute approximate surface area is 199 Å². The molecule has 3 saturated carbocycles. The molecule has 7 nitrogen and oxygen atoms in total. The normalized spacial score (nSPS) is 24.1. The number of nitrogens with one attached hydrogen (secondary N) is 1. The van der Waals surface area contributed by atoms with E-state index in [0.717, 1.165) is 36.6 Å². The number of aromatic nitrogens is 4. The van der Waals surface area contributed by atoms with Gasteiger partial charge in [0.25, 0.3) is 0 Å². The monoisotopic (exact) mass is 480 g/mol. The summed E-state index contributed by atoms with van der Waals surface area (Å²) in [5.74, 6) is -1.13. The second-order valence-corrected chi connectivity index (χ2v) is 9.74. The Morgan fingerprint density at radius 2 is 1.94 bits per heavy atom. The number of aromatic amines is 1. The van der Waals surface area contributed by atoms with Gasteiger partial charge in [-0.05, 0) is 80.2 Å². The third-order valence-electron chi connectivity index (χ3n) is 7.52. The summed E-state index contributed by atoms with van der Waals surface area (Å²) < 4.78 is 21.2. The van der Waals surface area contributed by atoms with Crippen LogP contribution < -0.4 is 0 Å². The van der Waals surface area contributed by atoms with Crippen molar-refractivity contribution >= 4 is 28.5 Å². The van der Waals surface area contributed by atoms with Crippen molar-refractivity contribution in [3.05, 3.63) is 53.1 Å². The average molecular weight is 481 g/mol. The lowest BCUT2D eigenvalue weighted by molar-refractivity contribution is -0.152. The van der Waals surface area contributed by atoms with Crippen LogP contribution in [0.4, 0.5) is 4.39 Å². The molecule has 0 aliphatic heterocycles. The summed E-state index contributed by atoms with van der Waals surface area (Å²) in [6.45, 7) is 0. The minimum Gasteiger partial charge on any atom is -0.481 e. The van der Waals surface area contributed by atoms with Crippen LogP contribution in [0, 0.1) is 29.5 Å². The predicted octanol–water partition coefficient (Wildman–Crippen LogP) is 5.75. The van der Waals surface area contributed by atoms with E-state index in [-0.39, 0.29) is 47.1 Å². The molecule has 2 N–H and O–H groups in total. The number of rotatable bonds is 5. The first kappa shape index (κ1) is 21.3. The maximum Gasteiger partial charge on any atom is 0.307 e. The van der Waals surface area contributed by atoms with Crippen LogP contribution in [0.25, 0.3) is 33.9 Å². The van der Waals surface area contributed by atoms with Crippen molar-refractivity contribution < 1.29 is 18.7 Å². The van der Waals surface area contributed by atoms with Gasteiger partial charge in [0.05, 0.1) is 23.4 Å². The molecule has 0 spiro atoms. The van der Waals surface area contributed by atoms with Crippen molar-refractivity contribution in [3.8, 4) is 23.0 Å². The molecule has 2 bridgehead atoms. The van der Waals surface area contributed by atoms with Crippen molar-refractivity contribution in [1.82, 2.24) is 20.2 Å². The number of furan rings is 1. The fourth-order valence-electron chi connectivity index (χ4n) is 5.94. The number of carboxylic acids is 1. The smallest absolute Gasteiger partial charge is 0.307 e. The van der Waals surface area contributed by atoms with E-state index in [2.05, 4.69) is 20.2 Å². The van der Waals surface area contributed by atoms with Gasteiger partial charge in [0.15, 0.2) is 17.4 Å². The zero-order valence-electron chi connectivity index (χ0n) is 18.2. The number of aliphatic carboxylic acids is 1. The number of nitrogens with zero attached hydrogens (tertiary/aromatic N) is 3. The zero-order valence-corrected chi connectivity index (χ0v) is 18.9. The molecule has 3 aromatic heterocycles. The Hall–Kier alpha value is -3.26. The molecule has 9 heteroatoms. The minimum absolute atomic E-state index is 0.0380. The second-order valence-electron chi connectivity index (χ2n) is 9.30. The van der Waals surface area contributed by atoms with Gasteiger partial charge >= 0.3 is 5.97 Å². The van der Waals surface area contributed by atoms with E-state index in [1.807, 2.05) is 6.07 Å². The van der Waals surface area contributed by atoms with E-state index in [4.69, 9.17) is 16.0 Å². The lowest BCUT2D eigenvalue weighted by atomic mass is 9.57. The maximum atomic E-state index is 15.8. The lowest BCUT2D eigenvalue weighted by Gasteiger charge is -2.46. The van der Waals surface area contributed by atoms with Crippen LogP contribution in [0.15, 0.2) is 41.0 Å². The molecule has 7 rings (SSSR count). The Morgan fingerprint density at radius 1 is 1.15 bits per heavy atom. The highest BCUT2D eigenvalue weighted by Crippen LogP contribution is 2.50. The van der Waals surface area contributed by atoms with Crippen molar-refractivity contribution in [2.24, 2.45) is 23.7 Å². The van der Waals surface area contributed by atoms with Gasteiger partial charge in [-0.1, -0.05) is 11.6 Å². The molecular weight excluding hydrogens is 459 g/mol. The fourth-order valence-corrected chi connectivity index (χ4v) is 6.12. The molecule has 1 aromatic carbocycles. The molecule has 174 valence electrons. The van der Waals surface area contributed by atoms with Gasteiger partial charge in [0.2, 0.25) is 0 Å². The molecule has 34 heavy (non-hydrogen) atoms. The standard InChI is InChI=1S/C25H22ClFN4O3/c26-14-7-8-17-16(10-14)22(31-30-17)24-28-18(21(27)23(29-24)19-2-1-9-34-19)11-15-12-3-5-13(6-4-12)20(15)25(32)33/h1-2,7-10,12-13,15,20H,3-6,11H2,(H,30,31)(H,32,33). The van der Waals surface area contributed by atoms with Gasteiger partial charge in [0, 0.05) is 10.4 Å². The first-order valence-electron chi connectivity index (χ1n) is 11.5. The number of halogens is 2. The number of hydrogen-bond donors (Lipinski definition) is 2. The Bertz CT molecular complexity index is 1380. The van der Waals surface area contributed by atoms with Crippen LogP contribution in [-0.2, 0) is 11.2 Å². The second kappa shape index (κ2) is 8.20. The lowest BCUT2D eigenvalue weighted by Crippen LogP contribution is -2.45. The van der Waals surface area contributed by atoms with Crippen molar-refractivity contribution in [1.29, 1.82) is 0 Å². The third-order valence-corrected chi connectivity index (χ3v) is 7.75. The van der Waals surface area contributed by atoms with E-state index in [0.29, 0.717) is 10.7 Å². The molecule has 0 radical (unpaired) electrons. The highest BCUT2D eigenvalue weighted by Gasteiger charge is 2.47. The zero-order chi connectivity index (χ0) is 23.4. The van der Waals surface area contributed by atoms with Gasteiger partial charge in [-0.3, -0.25) is 9.89 Å². The van der Waals surface area contributed by atoms with E-state index < -0.39 is 17.7 Å². The number of hydrogen-bond acceptors (Lipinski definition) is 5. The molecule has 4 aromatic rings. The van der Waals surface area contributed by atoms with Gasteiger partial charge in [-0.25, -0.2) is 14.4 Å². The van der Waals surface area contributed by atoms with E-state index in [1.165, 1.54) is 6.26 Å². The summed E-state index contributed by atoms with van der Waals surface area (Å²) in [5, 5.41) is 18.5. The highest BCUT2D eigenvalue weighted by molar-refractivity contribution is 6.31. The number of H-pyrrole nitrogens is 1. The summed E-state index contributed by atoms with van der Waals surface area (Å²) in [5.41, 5.74) is 1.44. The maximum absolute atomic E-state index is 15.8. The van der Waals surface area contributed by atoms with Crippen LogP contribution in [0.3, 0.4) is 0 Å². The number of benzene rings is 1. The first-order chi connectivity index (χ1) is 16.5. The van der Waals surface area contributed by atoms with Gasteiger partial charge in [0.1, 0.15) is 11.4 Å².